The number of carbonyl (C=O) groups excluding carboxylic acids is 1. The standard InChI is InChI=1S/C17H14ClF3N4O2S2/c18-11-8-10(17(19,20)21)9-23-16(11)29-7-5-22-13(26)3-4-14-24-15(25-27-14)12-2-1-6-28-12/h1-2,6,8-9H,3-5,7H2,(H,22,26). The van der Waals surface area contributed by atoms with Gasteiger partial charge >= 0.3 is 6.18 Å². The summed E-state index contributed by atoms with van der Waals surface area (Å²) < 4.78 is 42.9. The minimum absolute atomic E-state index is 0.0749. The van der Waals surface area contributed by atoms with Crippen molar-refractivity contribution in [3.63, 3.8) is 0 Å². The first kappa shape index (κ1) is 21.6. The number of pyridine rings is 1. The van der Waals surface area contributed by atoms with Gasteiger partial charge in [0.05, 0.1) is 15.5 Å². The van der Waals surface area contributed by atoms with Crippen LogP contribution in [0.1, 0.15) is 17.9 Å². The van der Waals surface area contributed by atoms with Gasteiger partial charge in [-0.05, 0) is 17.5 Å². The molecule has 0 radical (unpaired) electrons. The van der Waals surface area contributed by atoms with Crippen LogP contribution in [0.15, 0.2) is 39.3 Å². The average molecular weight is 463 g/mol. The molecule has 1 amide bonds. The third-order valence-corrected chi connectivity index (χ3v) is 5.85. The number of hydrogen-bond donors (Lipinski definition) is 1. The molecule has 0 aliphatic carbocycles. The van der Waals surface area contributed by atoms with Crippen LogP contribution in [-0.4, -0.2) is 33.3 Å². The highest BCUT2D eigenvalue weighted by atomic mass is 35.5. The van der Waals surface area contributed by atoms with Gasteiger partial charge in [0.15, 0.2) is 0 Å². The lowest BCUT2D eigenvalue weighted by molar-refractivity contribution is -0.137. The van der Waals surface area contributed by atoms with Gasteiger partial charge in [0.25, 0.3) is 0 Å². The highest BCUT2D eigenvalue weighted by Crippen LogP contribution is 2.33. The van der Waals surface area contributed by atoms with E-state index >= 15 is 0 Å². The summed E-state index contributed by atoms with van der Waals surface area (Å²) in [6, 6.07) is 4.60. The third kappa shape index (κ3) is 6.18. The summed E-state index contributed by atoms with van der Waals surface area (Å²) >= 11 is 8.49. The molecule has 6 nitrogen and oxygen atoms in total. The van der Waals surface area contributed by atoms with Gasteiger partial charge in [-0.25, -0.2) is 4.98 Å². The summed E-state index contributed by atoms with van der Waals surface area (Å²) in [5, 5.41) is 8.70. The molecular formula is C17H14ClF3N4O2S2. The first-order chi connectivity index (χ1) is 13.8. The number of aryl methyl sites for hydroxylation is 1. The van der Waals surface area contributed by atoms with Crippen LogP contribution >= 0.6 is 34.7 Å². The highest BCUT2D eigenvalue weighted by Gasteiger charge is 2.31. The Morgan fingerprint density at radius 1 is 1.38 bits per heavy atom. The van der Waals surface area contributed by atoms with E-state index in [9.17, 15) is 18.0 Å². The van der Waals surface area contributed by atoms with E-state index in [0.717, 1.165) is 28.9 Å². The minimum Gasteiger partial charge on any atom is -0.355 e. The lowest BCUT2D eigenvalue weighted by Gasteiger charge is -2.09. The maximum atomic E-state index is 12.6. The molecule has 0 unspecified atom stereocenters. The van der Waals surface area contributed by atoms with E-state index < -0.39 is 11.7 Å². The second-order valence-corrected chi connectivity index (χ2v) is 8.13. The monoisotopic (exact) mass is 462 g/mol. The average Bonchev–Trinajstić information content (AvgIpc) is 3.35. The van der Waals surface area contributed by atoms with Crippen molar-refractivity contribution in [2.75, 3.05) is 12.3 Å². The van der Waals surface area contributed by atoms with Crippen molar-refractivity contribution in [3.05, 3.63) is 46.3 Å². The van der Waals surface area contributed by atoms with Crippen LogP contribution in [-0.2, 0) is 17.4 Å². The number of rotatable bonds is 8. The fourth-order valence-electron chi connectivity index (χ4n) is 2.20. The quantitative estimate of drug-likeness (QED) is 0.386. The molecule has 3 aromatic heterocycles. The Bertz CT molecular complexity index is 964. The van der Waals surface area contributed by atoms with Crippen LogP contribution in [0.25, 0.3) is 10.7 Å². The fourth-order valence-corrected chi connectivity index (χ4v) is 3.90. The van der Waals surface area contributed by atoms with Gasteiger partial charge in [0.2, 0.25) is 17.6 Å². The SMILES string of the molecule is O=C(CCc1nc(-c2cccs2)no1)NCCSc1ncc(C(F)(F)F)cc1Cl. The van der Waals surface area contributed by atoms with Gasteiger partial charge in [0.1, 0.15) is 5.03 Å². The van der Waals surface area contributed by atoms with Crippen molar-refractivity contribution >= 4 is 40.6 Å². The molecule has 0 aromatic carbocycles. The van der Waals surface area contributed by atoms with E-state index in [-0.39, 0.29) is 22.4 Å². The van der Waals surface area contributed by atoms with Crippen LogP contribution in [0.4, 0.5) is 13.2 Å². The number of carbonyl (C=O) groups is 1. The van der Waals surface area contributed by atoms with Gasteiger partial charge in [0, 0.05) is 31.3 Å². The van der Waals surface area contributed by atoms with E-state index in [2.05, 4.69) is 20.4 Å². The summed E-state index contributed by atoms with van der Waals surface area (Å²) in [5.74, 6) is 1.08. The van der Waals surface area contributed by atoms with Crippen molar-refractivity contribution < 1.29 is 22.5 Å². The normalized spacial score (nSPS) is 11.6. The van der Waals surface area contributed by atoms with Gasteiger partial charge < -0.3 is 9.84 Å². The molecule has 29 heavy (non-hydrogen) atoms. The number of thiophene rings is 1. The zero-order chi connectivity index (χ0) is 20.9. The van der Waals surface area contributed by atoms with Crippen LogP contribution in [0.5, 0.6) is 0 Å². The number of amides is 1. The van der Waals surface area contributed by atoms with Gasteiger partial charge in [-0.2, -0.15) is 18.2 Å². The molecule has 0 bridgehead atoms. The summed E-state index contributed by atoms with van der Waals surface area (Å²) in [5.41, 5.74) is -0.900. The Hall–Kier alpha value is -2.11. The van der Waals surface area contributed by atoms with E-state index in [0.29, 0.717) is 30.4 Å². The molecule has 0 saturated carbocycles. The van der Waals surface area contributed by atoms with Crippen molar-refractivity contribution in [2.24, 2.45) is 0 Å². The van der Waals surface area contributed by atoms with Crippen LogP contribution < -0.4 is 5.32 Å². The molecule has 3 heterocycles. The Morgan fingerprint density at radius 3 is 2.90 bits per heavy atom. The molecule has 3 rings (SSSR count). The van der Waals surface area contributed by atoms with E-state index in [1.807, 2.05) is 17.5 Å². The smallest absolute Gasteiger partial charge is 0.355 e. The number of aromatic nitrogens is 3. The Labute approximate surface area is 176 Å². The van der Waals surface area contributed by atoms with Crippen LogP contribution in [0.3, 0.4) is 0 Å². The first-order valence-electron chi connectivity index (χ1n) is 8.31. The Balaban J connectivity index is 1.38. The van der Waals surface area contributed by atoms with Crippen molar-refractivity contribution in [1.82, 2.24) is 20.4 Å². The van der Waals surface area contributed by atoms with Gasteiger partial charge in [-0.1, -0.05) is 22.8 Å². The predicted octanol–water partition coefficient (Wildman–Crippen LogP) is 4.71. The van der Waals surface area contributed by atoms with Crippen LogP contribution in [0, 0.1) is 0 Å². The number of alkyl halides is 3. The topological polar surface area (TPSA) is 80.9 Å². The fraction of sp³-hybridized carbons (Fsp3) is 0.294. The number of halogens is 4. The van der Waals surface area contributed by atoms with Gasteiger partial charge in [-0.3, -0.25) is 4.79 Å². The minimum atomic E-state index is -4.49. The summed E-state index contributed by atoms with van der Waals surface area (Å²) in [6.45, 7) is 0.312. The summed E-state index contributed by atoms with van der Waals surface area (Å²) in [7, 11) is 0. The van der Waals surface area contributed by atoms with Gasteiger partial charge in [-0.15, -0.1) is 23.1 Å². The number of nitrogens with zero attached hydrogens (tertiary/aromatic N) is 3. The molecule has 154 valence electrons. The molecule has 1 N–H and O–H groups in total. The molecule has 0 aliphatic heterocycles. The lowest BCUT2D eigenvalue weighted by atomic mass is 10.3. The maximum absolute atomic E-state index is 12.6. The number of nitrogens with one attached hydrogen (secondary N) is 1. The van der Waals surface area contributed by atoms with Crippen molar-refractivity contribution in [1.29, 1.82) is 0 Å². The second-order valence-electron chi connectivity index (χ2n) is 5.70. The molecule has 3 aromatic rings. The highest BCUT2D eigenvalue weighted by molar-refractivity contribution is 7.99. The maximum Gasteiger partial charge on any atom is 0.417 e. The molecular weight excluding hydrogens is 449 g/mol. The van der Waals surface area contributed by atoms with E-state index in [4.69, 9.17) is 16.1 Å². The zero-order valence-corrected chi connectivity index (χ0v) is 17.1. The molecule has 0 saturated heterocycles. The first-order valence-corrected chi connectivity index (χ1v) is 10.6. The Morgan fingerprint density at radius 2 is 2.21 bits per heavy atom. The largest absolute Gasteiger partial charge is 0.417 e. The molecule has 12 heteroatoms. The summed E-state index contributed by atoms with van der Waals surface area (Å²) in [4.78, 5) is 20.8. The predicted molar refractivity (Wildman–Crippen MR) is 104 cm³/mol. The molecule has 0 spiro atoms. The molecule has 0 fully saturated rings. The van der Waals surface area contributed by atoms with E-state index in [1.54, 1.807) is 0 Å². The zero-order valence-electron chi connectivity index (χ0n) is 14.7. The van der Waals surface area contributed by atoms with Crippen molar-refractivity contribution in [2.45, 2.75) is 24.0 Å². The number of thioether (sulfide) groups is 1. The summed E-state index contributed by atoms with van der Waals surface area (Å²) in [6.07, 6.45) is -3.27. The second kappa shape index (κ2) is 9.59. The third-order valence-electron chi connectivity index (χ3n) is 3.57. The Kier molecular flexibility index (Phi) is 7.14. The lowest BCUT2D eigenvalue weighted by Crippen LogP contribution is -2.26. The van der Waals surface area contributed by atoms with Crippen molar-refractivity contribution in [3.8, 4) is 10.7 Å². The van der Waals surface area contributed by atoms with Crippen LogP contribution in [0.2, 0.25) is 5.02 Å². The van der Waals surface area contributed by atoms with E-state index in [1.165, 1.54) is 11.3 Å². The molecule has 0 atom stereocenters. The molecule has 0 aliphatic rings. The number of hydrogen-bond acceptors (Lipinski definition) is 7.